The van der Waals surface area contributed by atoms with Crippen molar-refractivity contribution in [2.75, 3.05) is 19.6 Å². The summed E-state index contributed by atoms with van der Waals surface area (Å²) >= 11 is 0. The number of hydrogen-bond donors (Lipinski definition) is 2. The van der Waals surface area contributed by atoms with Crippen LogP contribution in [0.4, 0.5) is 0 Å². The van der Waals surface area contributed by atoms with Crippen molar-refractivity contribution in [3.05, 3.63) is 30.1 Å². The predicted molar refractivity (Wildman–Crippen MR) is 66.5 cm³/mol. The zero-order valence-corrected chi connectivity index (χ0v) is 9.98. The quantitative estimate of drug-likeness (QED) is 0.806. The summed E-state index contributed by atoms with van der Waals surface area (Å²) in [6, 6.07) is 3.76. The first-order chi connectivity index (χ1) is 8.34. The number of nitrogens with one attached hydrogen (secondary N) is 2. The lowest BCUT2D eigenvalue weighted by molar-refractivity contribution is -0.120. The molecule has 0 spiro atoms. The van der Waals surface area contributed by atoms with E-state index in [0.717, 1.165) is 38.0 Å². The normalized spacial score (nSPS) is 16.7. The number of amides is 1. The Bertz CT molecular complexity index is 347. The molecule has 92 valence electrons. The van der Waals surface area contributed by atoms with Crippen LogP contribution < -0.4 is 10.6 Å². The van der Waals surface area contributed by atoms with E-state index >= 15 is 0 Å². The van der Waals surface area contributed by atoms with Crippen molar-refractivity contribution >= 4 is 5.91 Å². The molecule has 0 atom stereocenters. The number of carbonyl (C=O) groups is 1. The number of carbonyl (C=O) groups excluding carboxylic acids is 1. The van der Waals surface area contributed by atoms with E-state index in [0.29, 0.717) is 12.3 Å². The molecule has 2 heterocycles. The molecule has 0 saturated carbocycles. The number of hydrogen-bond acceptors (Lipinski definition) is 3. The number of rotatable bonds is 4. The molecule has 1 amide bonds. The fourth-order valence-electron chi connectivity index (χ4n) is 2.09. The second-order valence-electron chi connectivity index (χ2n) is 4.53. The molecule has 0 aliphatic carbocycles. The maximum absolute atomic E-state index is 11.7. The Balaban J connectivity index is 1.70. The van der Waals surface area contributed by atoms with Gasteiger partial charge in [0.25, 0.3) is 0 Å². The number of pyridine rings is 1. The molecule has 0 bridgehead atoms. The zero-order chi connectivity index (χ0) is 11.9. The van der Waals surface area contributed by atoms with E-state index in [1.54, 1.807) is 12.4 Å². The van der Waals surface area contributed by atoms with Crippen molar-refractivity contribution in [2.45, 2.75) is 19.3 Å². The summed E-state index contributed by atoms with van der Waals surface area (Å²) in [6.45, 7) is 2.96. The van der Waals surface area contributed by atoms with Gasteiger partial charge in [-0.25, -0.2) is 0 Å². The van der Waals surface area contributed by atoms with E-state index < -0.39 is 0 Å². The highest BCUT2D eigenvalue weighted by Crippen LogP contribution is 2.09. The number of nitrogens with zero attached hydrogens (tertiary/aromatic N) is 1. The lowest BCUT2D eigenvalue weighted by Gasteiger charge is -2.22. The van der Waals surface area contributed by atoms with Gasteiger partial charge < -0.3 is 10.6 Å². The Morgan fingerprint density at radius 3 is 2.76 bits per heavy atom. The highest BCUT2D eigenvalue weighted by atomic mass is 16.1. The predicted octanol–water partition coefficient (Wildman–Crippen LogP) is 0.740. The molecule has 17 heavy (non-hydrogen) atoms. The largest absolute Gasteiger partial charge is 0.356 e. The minimum absolute atomic E-state index is 0.106. The molecule has 2 N–H and O–H groups in total. The molecule has 4 nitrogen and oxygen atoms in total. The van der Waals surface area contributed by atoms with Gasteiger partial charge >= 0.3 is 0 Å². The summed E-state index contributed by atoms with van der Waals surface area (Å²) in [5, 5.41) is 6.34. The van der Waals surface area contributed by atoms with Crippen LogP contribution in [0.1, 0.15) is 18.4 Å². The number of aromatic nitrogens is 1. The Kier molecular flexibility index (Phi) is 4.50. The summed E-state index contributed by atoms with van der Waals surface area (Å²) in [6.07, 6.45) is 6.21. The Labute approximate surface area is 102 Å². The van der Waals surface area contributed by atoms with Crippen LogP contribution in [0.25, 0.3) is 0 Å². The van der Waals surface area contributed by atoms with Crippen LogP contribution in [0.15, 0.2) is 24.5 Å². The van der Waals surface area contributed by atoms with E-state index in [2.05, 4.69) is 15.6 Å². The Hall–Kier alpha value is -1.42. The topological polar surface area (TPSA) is 54.0 Å². The van der Waals surface area contributed by atoms with Crippen molar-refractivity contribution in [1.29, 1.82) is 0 Å². The summed E-state index contributed by atoms with van der Waals surface area (Å²) < 4.78 is 0. The van der Waals surface area contributed by atoms with E-state index in [4.69, 9.17) is 0 Å². The molecular formula is C13H19N3O. The van der Waals surface area contributed by atoms with Crippen molar-refractivity contribution in [1.82, 2.24) is 15.6 Å². The summed E-state index contributed by atoms with van der Waals surface area (Å²) in [7, 11) is 0. The molecule has 1 aliphatic rings. The van der Waals surface area contributed by atoms with Gasteiger partial charge in [-0.3, -0.25) is 9.78 Å². The molecule has 1 saturated heterocycles. The van der Waals surface area contributed by atoms with Gasteiger partial charge in [-0.05, 0) is 49.5 Å². The SMILES string of the molecule is O=C(Cc1ccncc1)NCC1CCNCC1. The van der Waals surface area contributed by atoms with Gasteiger partial charge in [-0.2, -0.15) is 0 Å². The highest BCUT2D eigenvalue weighted by Gasteiger charge is 2.13. The van der Waals surface area contributed by atoms with Crippen LogP contribution in [0, 0.1) is 5.92 Å². The van der Waals surface area contributed by atoms with Gasteiger partial charge in [0.05, 0.1) is 6.42 Å². The van der Waals surface area contributed by atoms with Gasteiger partial charge in [0, 0.05) is 18.9 Å². The third-order valence-corrected chi connectivity index (χ3v) is 3.16. The zero-order valence-electron chi connectivity index (χ0n) is 9.98. The highest BCUT2D eigenvalue weighted by molar-refractivity contribution is 5.78. The van der Waals surface area contributed by atoms with Crippen molar-refractivity contribution in [2.24, 2.45) is 5.92 Å². The van der Waals surface area contributed by atoms with E-state index in [9.17, 15) is 4.79 Å². The molecule has 0 aromatic carbocycles. The first kappa shape index (κ1) is 12.0. The molecular weight excluding hydrogens is 214 g/mol. The van der Waals surface area contributed by atoms with Crippen LogP contribution >= 0.6 is 0 Å². The maximum Gasteiger partial charge on any atom is 0.224 e. The average Bonchev–Trinajstić information content (AvgIpc) is 2.39. The van der Waals surface area contributed by atoms with Crippen LogP contribution in [-0.4, -0.2) is 30.5 Å². The van der Waals surface area contributed by atoms with E-state index in [-0.39, 0.29) is 5.91 Å². The molecule has 1 fully saturated rings. The van der Waals surface area contributed by atoms with Crippen LogP contribution in [0.2, 0.25) is 0 Å². The third-order valence-electron chi connectivity index (χ3n) is 3.16. The minimum Gasteiger partial charge on any atom is -0.356 e. The summed E-state index contributed by atoms with van der Waals surface area (Å²) in [5.74, 6) is 0.743. The molecule has 1 aliphatic heterocycles. The smallest absolute Gasteiger partial charge is 0.224 e. The molecule has 1 aromatic heterocycles. The van der Waals surface area contributed by atoms with E-state index in [1.165, 1.54) is 0 Å². The fraction of sp³-hybridized carbons (Fsp3) is 0.538. The Morgan fingerprint density at radius 2 is 2.06 bits per heavy atom. The van der Waals surface area contributed by atoms with E-state index in [1.807, 2.05) is 12.1 Å². The molecule has 0 unspecified atom stereocenters. The van der Waals surface area contributed by atoms with Crippen LogP contribution in [-0.2, 0) is 11.2 Å². The van der Waals surface area contributed by atoms with Crippen molar-refractivity contribution in [3.8, 4) is 0 Å². The first-order valence-corrected chi connectivity index (χ1v) is 6.21. The lowest BCUT2D eigenvalue weighted by Crippen LogP contribution is -2.36. The molecule has 1 aromatic rings. The first-order valence-electron chi connectivity index (χ1n) is 6.21. The lowest BCUT2D eigenvalue weighted by atomic mass is 9.98. The fourth-order valence-corrected chi connectivity index (χ4v) is 2.09. The van der Waals surface area contributed by atoms with Gasteiger partial charge in [-0.1, -0.05) is 0 Å². The third kappa shape index (κ3) is 4.15. The van der Waals surface area contributed by atoms with Crippen molar-refractivity contribution in [3.63, 3.8) is 0 Å². The number of piperidine rings is 1. The molecule has 4 heteroatoms. The monoisotopic (exact) mass is 233 g/mol. The molecule has 0 radical (unpaired) electrons. The van der Waals surface area contributed by atoms with Gasteiger partial charge in [0.2, 0.25) is 5.91 Å². The molecule has 2 rings (SSSR count). The summed E-state index contributed by atoms with van der Waals surface area (Å²) in [5.41, 5.74) is 1.02. The van der Waals surface area contributed by atoms with Crippen molar-refractivity contribution < 1.29 is 4.79 Å². The van der Waals surface area contributed by atoms with Crippen LogP contribution in [0.3, 0.4) is 0 Å². The standard InChI is InChI=1S/C13H19N3O/c17-13(9-11-1-5-14-6-2-11)16-10-12-3-7-15-8-4-12/h1-2,5-6,12,15H,3-4,7-10H2,(H,16,17). The second-order valence-corrected chi connectivity index (χ2v) is 4.53. The van der Waals surface area contributed by atoms with Gasteiger partial charge in [-0.15, -0.1) is 0 Å². The van der Waals surface area contributed by atoms with Gasteiger partial charge in [0.15, 0.2) is 0 Å². The Morgan fingerprint density at radius 1 is 1.35 bits per heavy atom. The summed E-state index contributed by atoms with van der Waals surface area (Å²) in [4.78, 5) is 15.6. The van der Waals surface area contributed by atoms with Crippen LogP contribution in [0.5, 0.6) is 0 Å². The minimum atomic E-state index is 0.106. The second kappa shape index (κ2) is 6.35. The maximum atomic E-state index is 11.7. The van der Waals surface area contributed by atoms with Gasteiger partial charge in [0.1, 0.15) is 0 Å². The average molecular weight is 233 g/mol.